The van der Waals surface area contributed by atoms with Gasteiger partial charge in [-0.3, -0.25) is 9.69 Å². The molecule has 2 aromatic rings. The SMILES string of the molecule is Cc1ccc(C(=O)Nc2ccc([C@H]3CC[C@H](N4CCC[C@@H]4C)C3)cc2)cc1. The van der Waals surface area contributed by atoms with Gasteiger partial charge in [0.25, 0.3) is 5.91 Å². The number of amides is 1. The van der Waals surface area contributed by atoms with Crippen molar-refractivity contribution in [1.29, 1.82) is 0 Å². The zero-order valence-electron chi connectivity index (χ0n) is 16.4. The summed E-state index contributed by atoms with van der Waals surface area (Å²) in [6, 6.07) is 17.7. The number of benzene rings is 2. The first-order valence-electron chi connectivity index (χ1n) is 10.3. The van der Waals surface area contributed by atoms with Crippen LogP contribution in [0.2, 0.25) is 0 Å². The van der Waals surface area contributed by atoms with Gasteiger partial charge in [-0.2, -0.15) is 0 Å². The van der Waals surface area contributed by atoms with E-state index in [-0.39, 0.29) is 5.91 Å². The van der Waals surface area contributed by atoms with Crippen molar-refractivity contribution < 1.29 is 4.79 Å². The van der Waals surface area contributed by atoms with Crippen LogP contribution in [0.4, 0.5) is 5.69 Å². The molecule has 0 unspecified atom stereocenters. The number of nitrogens with one attached hydrogen (secondary N) is 1. The van der Waals surface area contributed by atoms with E-state index in [2.05, 4.69) is 29.3 Å². The highest BCUT2D eigenvalue weighted by molar-refractivity contribution is 6.04. The van der Waals surface area contributed by atoms with E-state index < -0.39 is 0 Å². The topological polar surface area (TPSA) is 32.3 Å². The van der Waals surface area contributed by atoms with Crippen LogP contribution in [0.15, 0.2) is 48.5 Å². The summed E-state index contributed by atoms with van der Waals surface area (Å²) in [5.74, 6) is 0.608. The monoisotopic (exact) mass is 362 g/mol. The summed E-state index contributed by atoms with van der Waals surface area (Å²) in [4.78, 5) is 15.1. The van der Waals surface area contributed by atoms with Gasteiger partial charge in [0.15, 0.2) is 0 Å². The number of aryl methyl sites for hydroxylation is 1. The highest BCUT2D eigenvalue weighted by Gasteiger charge is 2.34. The average molecular weight is 363 g/mol. The Morgan fingerprint density at radius 2 is 1.74 bits per heavy atom. The van der Waals surface area contributed by atoms with Crippen LogP contribution in [0.3, 0.4) is 0 Å². The Hall–Kier alpha value is -2.13. The van der Waals surface area contributed by atoms with Gasteiger partial charge in [0.1, 0.15) is 0 Å². The number of hydrogen-bond donors (Lipinski definition) is 1. The Balaban J connectivity index is 1.36. The van der Waals surface area contributed by atoms with Crippen LogP contribution in [0.5, 0.6) is 0 Å². The predicted octanol–water partition coefficient (Wildman–Crippen LogP) is 5.37. The average Bonchev–Trinajstić information content (AvgIpc) is 3.31. The highest BCUT2D eigenvalue weighted by atomic mass is 16.1. The minimum atomic E-state index is -0.0494. The van der Waals surface area contributed by atoms with Crippen molar-refractivity contribution in [2.24, 2.45) is 0 Å². The van der Waals surface area contributed by atoms with Crippen LogP contribution in [-0.4, -0.2) is 29.4 Å². The van der Waals surface area contributed by atoms with E-state index in [4.69, 9.17) is 0 Å². The molecule has 1 aliphatic carbocycles. The summed E-state index contributed by atoms with van der Waals surface area (Å²) in [5, 5.41) is 3.01. The molecule has 1 heterocycles. The van der Waals surface area contributed by atoms with Crippen LogP contribution in [-0.2, 0) is 0 Å². The van der Waals surface area contributed by atoms with E-state index in [1.165, 1.54) is 44.2 Å². The quantitative estimate of drug-likeness (QED) is 0.793. The fraction of sp³-hybridized carbons (Fsp3) is 0.458. The zero-order chi connectivity index (χ0) is 18.8. The molecule has 0 bridgehead atoms. The summed E-state index contributed by atoms with van der Waals surface area (Å²) in [5.41, 5.74) is 4.14. The molecule has 0 radical (unpaired) electrons. The molecule has 3 atom stereocenters. The molecule has 4 rings (SSSR count). The molecule has 1 saturated heterocycles. The minimum Gasteiger partial charge on any atom is -0.322 e. The first-order chi connectivity index (χ1) is 13.1. The van der Waals surface area contributed by atoms with Crippen molar-refractivity contribution in [2.75, 3.05) is 11.9 Å². The van der Waals surface area contributed by atoms with Gasteiger partial charge in [-0.05, 0) is 88.2 Å². The van der Waals surface area contributed by atoms with Crippen LogP contribution < -0.4 is 5.32 Å². The lowest BCUT2D eigenvalue weighted by Crippen LogP contribution is -2.35. The molecule has 3 nitrogen and oxygen atoms in total. The van der Waals surface area contributed by atoms with Gasteiger partial charge in [-0.25, -0.2) is 0 Å². The van der Waals surface area contributed by atoms with Crippen LogP contribution >= 0.6 is 0 Å². The van der Waals surface area contributed by atoms with Gasteiger partial charge < -0.3 is 5.32 Å². The van der Waals surface area contributed by atoms with Crippen molar-refractivity contribution >= 4 is 11.6 Å². The zero-order valence-corrected chi connectivity index (χ0v) is 16.4. The lowest BCUT2D eigenvalue weighted by molar-refractivity contribution is 0.102. The summed E-state index contributed by atoms with van der Waals surface area (Å²) >= 11 is 0. The first-order valence-corrected chi connectivity index (χ1v) is 10.3. The number of likely N-dealkylation sites (tertiary alicyclic amines) is 1. The number of carbonyl (C=O) groups excluding carboxylic acids is 1. The summed E-state index contributed by atoms with van der Waals surface area (Å²) in [7, 11) is 0. The van der Waals surface area contributed by atoms with Gasteiger partial charge in [-0.1, -0.05) is 29.8 Å². The van der Waals surface area contributed by atoms with E-state index in [9.17, 15) is 4.79 Å². The van der Waals surface area contributed by atoms with Crippen LogP contribution in [0.1, 0.15) is 66.4 Å². The molecule has 3 heteroatoms. The third-order valence-corrected chi connectivity index (χ3v) is 6.43. The Morgan fingerprint density at radius 3 is 2.41 bits per heavy atom. The number of carbonyl (C=O) groups is 1. The van der Waals surface area contributed by atoms with Crippen LogP contribution in [0.25, 0.3) is 0 Å². The van der Waals surface area contributed by atoms with Gasteiger partial charge in [0, 0.05) is 23.3 Å². The number of hydrogen-bond acceptors (Lipinski definition) is 2. The van der Waals surface area contributed by atoms with Gasteiger partial charge in [0.2, 0.25) is 0 Å². The Morgan fingerprint density at radius 1 is 1.00 bits per heavy atom. The van der Waals surface area contributed by atoms with Crippen molar-refractivity contribution in [3.8, 4) is 0 Å². The summed E-state index contributed by atoms with van der Waals surface area (Å²) < 4.78 is 0. The lowest BCUT2D eigenvalue weighted by atomic mass is 9.97. The van der Waals surface area contributed by atoms with E-state index in [0.29, 0.717) is 11.5 Å². The Bertz CT molecular complexity index is 781. The van der Waals surface area contributed by atoms with E-state index in [1.54, 1.807) is 0 Å². The van der Waals surface area contributed by atoms with Crippen molar-refractivity contribution in [1.82, 2.24) is 4.90 Å². The predicted molar refractivity (Wildman–Crippen MR) is 111 cm³/mol. The van der Waals surface area contributed by atoms with E-state index >= 15 is 0 Å². The molecule has 0 aromatic heterocycles. The standard InChI is InChI=1S/C24H30N2O/c1-17-5-7-20(8-6-17)24(27)25-22-12-9-19(10-13-22)21-11-14-23(16-21)26-15-3-4-18(26)2/h5-10,12-13,18,21,23H,3-4,11,14-16H2,1-2H3,(H,25,27)/t18-,21-,23-/m0/s1. The van der Waals surface area contributed by atoms with Crippen molar-refractivity contribution in [3.05, 3.63) is 65.2 Å². The summed E-state index contributed by atoms with van der Waals surface area (Å²) in [6.07, 6.45) is 6.59. The van der Waals surface area contributed by atoms with Crippen LogP contribution in [0, 0.1) is 6.92 Å². The molecular weight excluding hydrogens is 332 g/mol. The Labute approximate surface area is 162 Å². The molecule has 1 amide bonds. The second-order valence-electron chi connectivity index (χ2n) is 8.34. The molecule has 0 spiro atoms. The third-order valence-electron chi connectivity index (χ3n) is 6.43. The maximum absolute atomic E-state index is 12.4. The molecule has 2 aliphatic rings. The fourth-order valence-electron chi connectivity index (χ4n) is 4.81. The fourth-order valence-corrected chi connectivity index (χ4v) is 4.81. The molecule has 142 valence electrons. The molecule has 1 aliphatic heterocycles. The number of rotatable bonds is 4. The normalized spacial score (nSPS) is 25.6. The van der Waals surface area contributed by atoms with Gasteiger partial charge in [-0.15, -0.1) is 0 Å². The first kappa shape index (κ1) is 18.2. The molecular formula is C24H30N2O. The molecule has 2 fully saturated rings. The molecule has 2 aromatic carbocycles. The molecule has 1 saturated carbocycles. The maximum atomic E-state index is 12.4. The van der Waals surface area contributed by atoms with E-state index in [1.807, 2.05) is 43.3 Å². The second kappa shape index (κ2) is 7.85. The molecule has 1 N–H and O–H groups in total. The largest absolute Gasteiger partial charge is 0.322 e. The van der Waals surface area contributed by atoms with Gasteiger partial charge in [0.05, 0.1) is 0 Å². The number of anilines is 1. The summed E-state index contributed by atoms with van der Waals surface area (Å²) in [6.45, 7) is 5.69. The third kappa shape index (κ3) is 4.08. The Kier molecular flexibility index (Phi) is 5.31. The highest BCUT2D eigenvalue weighted by Crippen LogP contribution is 2.39. The minimum absolute atomic E-state index is 0.0494. The van der Waals surface area contributed by atoms with Crippen molar-refractivity contribution in [3.63, 3.8) is 0 Å². The maximum Gasteiger partial charge on any atom is 0.255 e. The lowest BCUT2D eigenvalue weighted by Gasteiger charge is -2.28. The second-order valence-corrected chi connectivity index (χ2v) is 8.34. The molecule has 27 heavy (non-hydrogen) atoms. The van der Waals surface area contributed by atoms with Gasteiger partial charge >= 0.3 is 0 Å². The number of nitrogens with zero attached hydrogens (tertiary/aromatic N) is 1. The van der Waals surface area contributed by atoms with E-state index in [0.717, 1.165) is 23.3 Å². The smallest absolute Gasteiger partial charge is 0.255 e. The van der Waals surface area contributed by atoms with Crippen molar-refractivity contribution in [2.45, 2.75) is 64.0 Å².